The Kier molecular flexibility index (Phi) is 3.30. The molecule has 1 aliphatic heterocycles. The topological polar surface area (TPSA) is 49.4 Å². The first-order chi connectivity index (χ1) is 9.49. The van der Waals surface area contributed by atoms with Crippen LogP contribution in [-0.2, 0) is 9.59 Å². The molecule has 0 aromatic heterocycles. The number of rotatable bonds is 1. The Balaban J connectivity index is 1.94. The van der Waals surface area contributed by atoms with Crippen LogP contribution >= 0.6 is 0 Å². The van der Waals surface area contributed by atoms with Crippen LogP contribution < -0.4 is 5.32 Å². The largest absolute Gasteiger partial charge is 0.340 e. The SMILES string of the molecule is CC1C(=O)NC2(CCCC2)C(=O)N1C1(C)CCCCC1. The predicted molar refractivity (Wildman–Crippen MR) is 77.1 cm³/mol. The second-order valence-electron chi connectivity index (χ2n) is 7.19. The lowest BCUT2D eigenvalue weighted by atomic mass is 9.78. The maximum atomic E-state index is 13.1. The van der Waals surface area contributed by atoms with Crippen LogP contribution in [0.4, 0.5) is 0 Å². The van der Waals surface area contributed by atoms with Crippen molar-refractivity contribution in [3.63, 3.8) is 0 Å². The molecule has 3 fully saturated rings. The van der Waals surface area contributed by atoms with E-state index in [-0.39, 0.29) is 23.4 Å². The lowest BCUT2D eigenvalue weighted by Crippen LogP contribution is -2.73. The number of hydrogen-bond acceptors (Lipinski definition) is 2. The number of nitrogens with zero attached hydrogens (tertiary/aromatic N) is 1. The second kappa shape index (κ2) is 4.74. The molecule has 20 heavy (non-hydrogen) atoms. The molecular weight excluding hydrogens is 252 g/mol. The van der Waals surface area contributed by atoms with Gasteiger partial charge in [0.2, 0.25) is 11.8 Å². The summed E-state index contributed by atoms with van der Waals surface area (Å²) in [4.78, 5) is 27.5. The highest BCUT2D eigenvalue weighted by atomic mass is 16.2. The van der Waals surface area contributed by atoms with Crippen LogP contribution in [0.1, 0.15) is 71.6 Å². The summed E-state index contributed by atoms with van der Waals surface area (Å²) in [6.45, 7) is 4.07. The highest BCUT2D eigenvalue weighted by Gasteiger charge is 2.55. The minimum absolute atomic E-state index is 0.0401. The van der Waals surface area contributed by atoms with Crippen LogP contribution in [0.2, 0.25) is 0 Å². The van der Waals surface area contributed by atoms with E-state index >= 15 is 0 Å². The highest BCUT2D eigenvalue weighted by Crippen LogP contribution is 2.41. The van der Waals surface area contributed by atoms with Crippen LogP contribution in [-0.4, -0.2) is 33.8 Å². The Bertz CT molecular complexity index is 420. The number of hydrogen-bond donors (Lipinski definition) is 1. The summed E-state index contributed by atoms with van der Waals surface area (Å²) in [5.41, 5.74) is -0.702. The van der Waals surface area contributed by atoms with Gasteiger partial charge in [0.1, 0.15) is 11.6 Å². The maximum absolute atomic E-state index is 13.1. The van der Waals surface area contributed by atoms with Crippen molar-refractivity contribution >= 4 is 11.8 Å². The molecule has 4 heteroatoms. The molecule has 2 aliphatic carbocycles. The van der Waals surface area contributed by atoms with Crippen LogP contribution in [0.25, 0.3) is 0 Å². The van der Waals surface area contributed by atoms with Gasteiger partial charge >= 0.3 is 0 Å². The minimum atomic E-state index is -0.579. The number of piperazine rings is 1. The van der Waals surface area contributed by atoms with E-state index in [1.807, 2.05) is 11.8 Å². The van der Waals surface area contributed by atoms with Crippen molar-refractivity contribution < 1.29 is 9.59 Å². The van der Waals surface area contributed by atoms with E-state index in [0.717, 1.165) is 38.5 Å². The Labute approximate surface area is 121 Å². The van der Waals surface area contributed by atoms with Crippen molar-refractivity contribution in [2.45, 2.75) is 88.8 Å². The van der Waals surface area contributed by atoms with Gasteiger partial charge in [-0.15, -0.1) is 0 Å². The van der Waals surface area contributed by atoms with Gasteiger partial charge in [-0.2, -0.15) is 0 Å². The zero-order valence-corrected chi connectivity index (χ0v) is 12.7. The van der Waals surface area contributed by atoms with E-state index in [4.69, 9.17) is 0 Å². The molecule has 1 saturated heterocycles. The van der Waals surface area contributed by atoms with Gasteiger partial charge in [-0.05, 0) is 39.5 Å². The number of nitrogens with one attached hydrogen (secondary N) is 1. The van der Waals surface area contributed by atoms with Gasteiger partial charge in [-0.1, -0.05) is 32.1 Å². The molecule has 1 heterocycles. The first-order valence-corrected chi connectivity index (χ1v) is 8.14. The smallest absolute Gasteiger partial charge is 0.249 e. The van der Waals surface area contributed by atoms with E-state index in [1.54, 1.807) is 0 Å². The van der Waals surface area contributed by atoms with Crippen molar-refractivity contribution in [1.82, 2.24) is 10.2 Å². The van der Waals surface area contributed by atoms with Gasteiger partial charge in [-0.3, -0.25) is 9.59 Å². The summed E-state index contributed by atoms with van der Waals surface area (Å²) < 4.78 is 0. The molecule has 0 aromatic carbocycles. The Hall–Kier alpha value is -1.06. The van der Waals surface area contributed by atoms with Crippen LogP contribution in [0, 0.1) is 0 Å². The van der Waals surface area contributed by atoms with Gasteiger partial charge in [0.05, 0.1) is 0 Å². The van der Waals surface area contributed by atoms with Crippen molar-refractivity contribution in [2.75, 3.05) is 0 Å². The first-order valence-electron chi connectivity index (χ1n) is 8.14. The molecule has 0 bridgehead atoms. The molecule has 1 N–H and O–H groups in total. The average molecular weight is 278 g/mol. The van der Waals surface area contributed by atoms with E-state index in [0.29, 0.717) is 0 Å². The maximum Gasteiger partial charge on any atom is 0.249 e. The average Bonchev–Trinajstić information content (AvgIpc) is 2.87. The second-order valence-corrected chi connectivity index (χ2v) is 7.19. The third-order valence-electron chi connectivity index (χ3n) is 5.73. The van der Waals surface area contributed by atoms with Crippen LogP contribution in [0.5, 0.6) is 0 Å². The molecule has 0 radical (unpaired) electrons. The van der Waals surface area contributed by atoms with Crippen molar-refractivity contribution in [3.8, 4) is 0 Å². The van der Waals surface area contributed by atoms with Gasteiger partial charge in [0.25, 0.3) is 0 Å². The first kappa shape index (κ1) is 13.9. The molecular formula is C16H26N2O2. The van der Waals surface area contributed by atoms with Gasteiger partial charge < -0.3 is 10.2 Å². The van der Waals surface area contributed by atoms with Gasteiger partial charge in [0, 0.05) is 5.54 Å². The summed E-state index contributed by atoms with van der Waals surface area (Å²) in [6.07, 6.45) is 9.38. The lowest BCUT2D eigenvalue weighted by Gasteiger charge is -2.53. The van der Waals surface area contributed by atoms with Gasteiger partial charge in [0.15, 0.2) is 0 Å². The zero-order valence-electron chi connectivity index (χ0n) is 12.7. The fourth-order valence-electron chi connectivity index (χ4n) is 4.50. The van der Waals surface area contributed by atoms with Crippen LogP contribution in [0.15, 0.2) is 0 Å². The number of carbonyl (C=O) groups is 2. The van der Waals surface area contributed by atoms with E-state index < -0.39 is 5.54 Å². The number of carbonyl (C=O) groups excluding carboxylic acids is 2. The van der Waals surface area contributed by atoms with E-state index in [1.165, 1.54) is 19.3 Å². The summed E-state index contributed by atoms with van der Waals surface area (Å²) >= 11 is 0. The normalized spacial score (nSPS) is 32.5. The zero-order chi connectivity index (χ0) is 14.4. The fraction of sp³-hybridized carbons (Fsp3) is 0.875. The molecule has 0 aromatic rings. The third kappa shape index (κ3) is 1.95. The molecule has 2 saturated carbocycles. The van der Waals surface area contributed by atoms with Crippen molar-refractivity contribution in [1.29, 1.82) is 0 Å². The minimum Gasteiger partial charge on any atom is -0.340 e. The monoisotopic (exact) mass is 278 g/mol. The van der Waals surface area contributed by atoms with E-state index in [2.05, 4.69) is 12.2 Å². The summed E-state index contributed by atoms with van der Waals surface area (Å²) in [6, 6.07) is -0.322. The summed E-state index contributed by atoms with van der Waals surface area (Å²) in [7, 11) is 0. The molecule has 2 amide bonds. The predicted octanol–water partition coefficient (Wildman–Crippen LogP) is 2.37. The van der Waals surface area contributed by atoms with Crippen molar-refractivity contribution in [2.24, 2.45) is 0 Å². The molecule has 3 rings (SSSR count). The Morgan fingerprint density at radius 3 is 2.15 bits per heavy atom. The lowest BCUT2D eigenvalue weighted by molar-refractivity contribution is -0.163. The molecule has 1 unspecified atom stereocenters. The Morgan fingerprint density at radius 1 is 1.00 bits per heavy atom. The molecule has 3 aliphatic rings. The molecule has 4 nitrogen and oxygen atoms in total. The van der Waals surface area contributed by atoms with E-state index in [9.17, 15) is 9.59 Å². The summed E-state index contributed by atoms with van der Waals surface area (Å²) in [5.74, 6) is 0.227. The fourth-order valence-corrected chi connectivity index (χ4v) is 4.50. The molecule has 1 atom stereocenters. The highest BCUT2D eigenvalue weighted by molar-refractivity contribution is 6.00. The van der Waals surface area contributed by atoms with Crippen LogP contribution in [0.3, 0.4) is 0 Å². The van der Waals surface area contributed by atoms with Gasteiger partial charge in [-0.25, -0.2) is 0 Å². The quantitative estimate of drug-likeness (QED) is 0.800. The number of amides is 2. The Morgan fingerprint density at radius 2 is 1.55 bits per heavy atom. The molecule has 1 spiro atoms. The van der Waals surface area contributed by atoms with Crippen molar-refractivity contribution in [3.05, 3.63) is 0 Å². The summed E-state index contributed by atoms with van der Waals surface area (Å²) in [5, 5.41) is 3.05. The third-order valence-corrected chi connectivity index (χ3v) is 5.73. The standard InChI is InChI=1S/C16H26N2O2/c1-12-13(19)17-16(10-6-7-11-16)14(20)18(12)15(2)8-4-3-5-9-15/h12H,3-11H2,1-2H3,(H,17,19). The molecule has 112 valence electrons.